The molecule has 5 nitrogen and oxygen atoms in total. The van der Waals surface area contributed by atoms with Gasteiger partial charge in [-0.15, -0.1) is 0 Å². The van der Waals surface area contributed by atoms with Gasteiger partial charge in [0, 0.05) is 11.8 Å². The van der Waals surface area contributed by atoms with E-state index in [4.69, 9.17) is 16.9 Å². The van der Waals surface area contributed by atoms with E-state index in [-0.39, 0.29) is 13.2 Å². The quantitative estimate of drug-likeness (QED) is 0.328. The number of aliphatic hydroxyl groups excluding tert-OH is 1. The number of aliphatic hydroxyl groups is 1. The summed E-state index contributed by atoms with van der Waals surface area (Å²) in [5.41, 5.74) is 0.697. The van der Waals surface area contributed by atoms with E-state index in [0.717, 1.165) is 4.42 Å². The molecule has 0 rings (SSSR count). The highest BCUT2D eigenvalue weighted by molar-refractivity contribution is 6.20. The molecule has 0 aliphatic carbocycles. The molecule has 0 saturated heterocycles. The van der Waals surface area contributed by atoms with Gasteiger partial charge in [0.1, 0.15) is 0 Å². The summed E-state index contributed by atoms with van der Waals surface area (Å²) in [5, 5.41) is 11.9. The van der Waals surface area contributed by atoms with E-state index < -0.39 is 6.09 Å². The van der Waals surface area contributed by atoms with Crippen LogP contribution in [0, 0.1) is 0 Å². The van der Waals surface area contributed by atoms with Gasteiger partial charge in [0.15, 0.2) is 0 Å². The predicted octanol–water partition coefficient (Wildman–Crippen LogP) is 1.36. The van der Waals surface area contributed by atoms with Crippen LogP contribution in [0.15, 0.2) is 5.16 Å². The van der Waals surface area contributed by atoms with Crippen LogP contribution >= 0.6 is 11.8 Å². The summed E-state index contributed by atoms with van der Waals surface area (Å²) in [6.45, 7) is 3.42. The molecule has 0 aromatic carbocycles. The summed E-state index contributed by atoms with van der Waals surface area (Å²) < 4.78 is 0.729. The number of hydrogen-bond acceptors (Lipinski definition) is 4. The molecule has 1 amide bonds. The van der Waals surface area contributed by atoms with Crippen molar-refractivity contribution in [1.82, 2.24) is 4.42 Å². The highest BCUT2D eigenvalue weighted by atomic mass is 35.5. The lowest BCUT2D eigenvalue weighted by Crippen LogP contribution is -2.24. The smallest absolute Gasteiger partial charge is 0.394 e. The van der Waals surface area contributed by atoms with Gasteiger partial charge in [-0.1, -0.05) is 12.1 Å². The van der Waals surface area contributed by atoms with E-state index in [1.54, 1.807) is 6.92 Å². The van der Waals surface area contributed by atoms with Gasteiger partial charge in [0.25, 0.3) is 0 Å². The van der Waals surface area contributed by atoms with Gasteiger partial charge in [0.05, 0.1) is 18.9 Å². The van der Waals surface area contributed by atoms with Gasteiger partial charge in [-0.25, -0.2) is 9.21 Å². The third-order valence-corrected chi connectivity index (χ3v) is 1.59. The van der Waals surface area contributed by atoms with E-state index >= 15 is 0 Å². The zero-order chi connectivity index (χ0) is 10.3. The molecule has 76 valence electrons. The molecule has 1 N–H and O–H groups in total. The van der Waals surface area contributed by atoms with E-state index in [2.05, 4.69) is 9.99 Å². The fraction of sp³-hybridized carbons (Fsp3) is 0.714. The van der Waals surface area contributed by atoms with Crippen molar-refractivity contribution in [3.63, 3.8) is 0 Å². The Labute approximate surface area is 82.0 Å². The molecular weight excluding hydrogens is 196 g/mol. The summed E-state index contributed by atoms with van der Waals surface area (Å²) in [5.74, 6) is 0. The van der Waals surface area contributed by atoms with Gasteiger partial charge < -0.3 is 5.11 Å². The number of oxime groups is 1. The Kier molecular flexibility index (Phi) is 6.26. The van der Waals surface area contributed by atoms with Gasteiger partial charge in [0.2, 0.25) is 0 Å². The molecule has 0 aliphatic rings. The Balaban J connectivity index is 3.86. The van der Waals surface area contributed by atoms with Crippen molar-refractivity contribution in [1.29, 1.82) is 0 Å². The van der Waals surface area contributed by atoms with E-state index in [1.165, 1.54) is 0 Å². The monoisotopic (exact) mass is 208 g/mol. The molecule has 0 bridgehead atoms. The third kappa shape index (κ3) is 5.43. The Bertz CT molecular complexity index is 196. The summed E-state index contributed by atoms with van der Waals surface area (Å²) in [7, 11) is 0. The van der Waals surface area contributed by atoms with Gasteiger partial charge in [-0.05, 0) is 13.3 Å². The first kappa shape index (κ1) is 12.2. The minimum atomic E-state index is -0.788. The zero-order valence-electron chi connectivity index (χ0n) is 7.66. The van der Waals surface area contributed by atoms with E-state index in [1.807, 2.05) is 6.92 Å². The van der Waals surface area contributed by atoms with Crippen molar-refractivity contribution in [2.24, 2.45) is 5.16 Å². The Morgan fingerprint density at radius 3 is 2.77 bits per heavy atom. The van der Waals surface area contributed by atoms with Crippen LogP contribution in [-0.2, 0) is 4.84 Å². The summed E-state index contributed by atoms with van der Waals surface area (Å²) in [6, 6.07) is 0. The lowest BCUT2D eigenvalue weighted by Gasteiger charge is -2.08. The normalized spacial score (nSPS) is 11.2. The topological polar surface area (TPSA) is 62.1 Å². The van der Waals surface area contributed by atoms with Gasteiger partial charge in [-0.3, -0.25) is 4.84 Å². The molecule has 6 heteroatoms. The molecule has 0 atom stereocenters. The number of rotatable bonds is 4. The SMILES string of the molecule is CCC(C)=NOC(=O)N(Cl)CCO. The second kappa shape index (κ2) is 6.68. The lowest BCUT2D eigenvalue weighted by molar-refractivity contribution is 0.124. The van der Waals surface area contributed by atoms with Crippen LogP contribution in [0.5, 0.6) is 0 Å². The van der Waals surface area contributed by atoms with Crippen LogP contribution in [-0.4, -0.2) is 34.5 Å². The predicted molar refractivity (Wildman–Crippen MR) is 49.5 cm³/mol. The van der Waals surface area contributed by atoms with Gasteiger partial charge in [-0.2, -0.15) is 0 Å². The number of nitrogens with zero attached hydrogens (tertiary/aromatic N) is 2. The number of carbonyl (C=O) groups is 1. The lowest BCUT2D eigenvalue weighted by atomic mass is 10.3. The molecule has 0 radical (unpaired) electrons. The highest BCUT2D eigenvalue weighted by Gasteiger charge is 2.11. The Morgan fingerprint density at radius 1 is 1.69 bits per heavy atom. The first-order chi connectivity index (χ1) is 6.11. The maximum Gasteiger partial charge on any atom is 0.450 e. The first-order valence-corrected chi connectivity index (χ1v) is 4.24. The highest BCUT2D eigenvalue weighted by Crippen LogP contribution is 1.98. The molecular formula is C7H13ClN2O3. The number of halogens is 1. The van der Waals surface area contributed by atoms with Crippen molar-refractivity contribution in [2.45, 2.75) is 20.3 Å². The van der Waals surface area contributed by atoms with Crippen LogP contribution in [0.4, 0.5) is 4.79 Å². The molecule has 13 heavy (non-hydrogen) atoms. The van der Waals surface area contributed by atoms with Crippen molar-refractivity contribution in [3.8, 4) is 0 Å². The minimum absolute atomic E-state index is 0.0150. The Hall–Kier alpha value is -0.810. The number of hydrogen-bond donors (Lipinski definition) is 1. The summed E-state index contributed by atoms with van der Waals surface area (Å²) in [4.78, 5) is 15.3. The fourth-order valence-corrected chi connectivity index (χ4v) is 0.511. The van der Waals surface area contributed by atoms with Crippen molar-refractivity contribution >= 4 is 23.6 Å². The summed E-state index contributed by atoms with van der Waals surface area (Å²) >= 11 is 5.39. The first-order valence-electron chi connectivity index (χ1n) is 3.90. The van der Waals surface area contributed by atoms with Gasteiger partial charge >= 0.3 is 6.09 Å². The molecule has 0 aromatic heterocycles. The van der Waals surface area contributed by atoms with Crippen molar-refractivity contribution in [2.75, 3.05) is 13.2 Å². The fourth-order valence-electron chi connectivity index (χ4n) is 0.405. The van der Waals surface area contributed by atoms with E-state index in [0.29, 0.717) is 12.1 Å². The second-order valence-corrected chi connectivity index (χ2v) is 2.75. The van der Waals surface area contributed by atoms with Crippen LogP contribution < -0.4 is 0 Å². The average Bonchev–Trinajstić information content (AvgIpc) is 2.13. The average molecular weight is 209 g/mol. The standard InChI is InChI=1S/C7H13ClN2O3/c1-3-6(2)9-13-7(12)10(8)4-5-11/h11H,3-5H2,1-2H3. The maximum absolute atomic E-state index is 10.9. The molecule has 0 spiro atoms. The van der Waals surface area contributed by atoms with Crippen LogP contribution in [0.1, 0.15) is 20.3 Å². The molecule has 0 saturated carbocycles. The molecule has 0 unspecified atom stereocenters. The molecule has 0 aromatic rings. The molecule has 0 fully saturated rings. The molecule has 0 heterocycles. The van der Waals surface area contributed by atoms with Crippen LogP contribution in [0.2, 0.25) is 0 Å². The van der Waals surface area contributed by atoms with Crippen molar-refractivity contribution in [3.05, 3.63) is 0 Å². The van der Waals surface area contributed by atoms with Crippen LogP contribution in [0.3, 0.4) is 0 Å². The van der Waals surface area contributed by atoms with Crippen molar-refractivity contribution < 1.29 is 14.7 Å². The van der Waals surface area contributed by atoms with E-state index in [9.17, 15) is 4.79 Å². The Morgan fingerprint density at radius 2 is 2.31 bits per heavy atom. The summed E-state index contributed by atoms with van der Waals surface area (Å²) in [6.07, 6.45) is -0.0845. The molecule has 0 aliphatic heterocycles. The third-order valence-electron chi connectivity index (χ3n) is 1.29. The number of amides is 1. The zero-order valence-corrected chi connectivity index (χ0v) is 8.41. The maximum atomic E-state index is 10.9. The minimum Gasteiger partial charge on any atom is -0.394 e. The number of carbonyl (C=O) groups excluding carboxylic acids is 1. The van der Waals surface area contributed by atoms with Crippen LogP contribution in [0.25, 0.3) is 0 Å². The second-order valence-electron chi connectivity index (χ2n) is 2.35. The largest absolute Gasteiger partial charge is 0.450 e.